The summed E-state index contributed by atoms with van der Waals surface area (Å²) in [6.07, 6.45) is 11.0. The molecule has 2 nitrogen and oxygen atoms in total. The van der Waals surface area contributed by atoms with Gasteiger partial charge in [0.25, 0.3) is 0 Å². The zero-order chi connectivity index (χ0) is 11.0. The van der Waals surface area contributed by atoms with Crippen molar-refractivity contribution in [2.45, 2.75) is 63.5 Å². The number of aliphatic hydroxyl groups is 1. The monoisotopic (exact) mass is 224 g/mol. The Kier molecular flexibility index (Phi) is 3.21. The molecule has 0 spiro atoms. The largest absolute Gasteiger partial charge is 0.392 e. The summed E-state index contributed by atoms with van der Waals surface area (Å²) in [5.41, 5.74) is 0. The molecular weight excluding hydrogens is 198 g/mol. The van der Waals surface area contributed by atoms with Crippen LogP contribution in [0.15, 0.2) is 0 Å². The van der Waals surface area contributed by atoms with Crippen molar-refractivity contribution in [1.82, 2.24) is 0 Å². The van der Waals surface area contributed by atoms with E-state index in [1.807, 2.05) is 4.90 Å². The zero-order valence-corrected chi connectivity index (χ0v) is 10.3. The van der Waals surface area contributed by atoms with Gasteiger partial charge in [0.05, 0.1) is 25.2 Å². The Morgan fingerprint density at radius 1 is 0.812 bits per heavy atom. The van der Waals surface area contributed by atoms with Crippen LogP contribution in [0.5, 0.6) is 0 Å². The van der Waals surface area contributed by atoms with E-state index in [0.717, 1.165) is 6.04 Å². The maximum atomic E-state index is 10.4. The predicted molar refractivity (Wildman–Crippen MR) is 64.4 cm³/mol. The Morgan fingerprint density at radius 3 is 2.44 bits per heavy atom. The number of nitrogens with one attached hydrogen (secondary N) is 1. The minimum Gasteiger partial charge on any atom is -0.392 e. The van der Waals surface area contributed by atoms with E-state index in [-0.39, 0.29) is 6.10 Å². The van der Waals surface area contributed by atoms with Crippen LogP contribution in [0.4, 0.5) is 0 Å². The van der Waals surface area contributed by atoms with Crippen LogP contribution < -0.4 is 4.90 Å². The molecule has 0 unspecified atom stereocenters. The molecule has 3 fully saturated rings. The van der Waals surface area contributed by atoms with Crippen LogP contribution >= 0.6 is 0 Å². The lowest BCUT2D eigenvalue weighted by Gasteiger charge is -2.47. The van der Waals surface area contributed by atoms with Crippen molar-refractivity contribution in [2.75, 3.05) is 13.1 Å². The van der Waals surface area contributed by atoms with Crippen molar-refractivity contribution in [3.05, 3.63) is 0 Å². The van der Waals surface area contributed by atoms with Gasteiger partial charge in [0.2, 0.25) is 0 Å². The smallest absolute Gasteiger partial charge is 0.0928 e. The van der Waals surface area contributed by atoms with E-state index in [1.54, 1.807) is 0 Å². The maximum Gasteiger partial charge on any atom is 0.0928 e. The van der Waals surface area contributed by atoms with E-state index in [4.69, 9.17) is 0 Å². The summed E-state index contributed by atoms with van der Waals surface area (Å²) in [5.74, 6) is 1.29. The molecule has 16 heavy (non-hydrogen) atoms. The van der Waals surface area contributed by atoms with Gasteiger partial charge < -0.3 is 10.0 Å². The Hall–Kier alpha value is -0.0800. The summed E-state index contributed by atoms with van der Waals surface area (Å²) in [6.45, 7) is 2.75. The van der Waals surface area contributed by atoms with Crippen molar-refractivity contribution < 1.29 is 10.0 Å². The summed E-state index contributed by atoms with van der Waals surface area (Å²) in [6, 6.07) is 0.798. The Labute approximate surface area is 99.0 Å². The number of piperidine rings is 1. The first-order valence-electron chi connectivity index (χ1n) is 7.39. The molecule has 92 valence electrons. The van der Waals surface area contributed by atoms with Gasteiger partial charge in [-0.15, -0.1) is 0 Å². The average molecular weight is 224 g/mol. The SMILES string of the molecule is O[C@H]1[C@H]2CCC[C@@H]1[C@@H]([NH+]1CCCCC1)CC2. The van der Waals surface area contributed by atoms with Crippen LogP contribution in [0.3, 0.4) is 0 Å². The second-order valence-electron chi connectivity index (χ2n) is 6.25. The number of hydrogen-bond acceptors (Lipinski definition) is 1. The topological polar surface area (TPSA) is 24.7 Å². The van der Waals surface area contributed by atoms with Crippen LogP contribution in [-0.2, 0) is 0 Å². The van der Waals surface area contributed by atoms with Gasteiger partial charge >= 0.3 is 0 Å². The Balaban J connectivity index is 1.69. The van der Waals surface area contributed by atoms with E-state index in [1.165, 1.54) is 64.5 Å². The number of likely N-dealkylation sites (tertiary alicyclic amines) is 1. The average Bonchev–Trinajstić information content (AvgIpc) is 2.30. The number of fused-ring (bicyclic) bond motifs is 2. The van der Waals surface area contributed by atoms with Crippen molar-refractivity contribution in [3.8, 4) is 0 Å². The lowest BCUT2D eigenvalue weighted by Crippen LogP contribution is -3.17. The molecule has 0 radical (unpaired) electrons. The molecule has 0 aromatic carbocycles. The number of quaternary nitrogens is 1. The van der Waals surface area contributed by atoms with Gasteiger partial charge in [-0.2, -0.15) is 0 Å². The van der Waals surface area contributed by atoms with Crippen molar-refractivity contribution in [1.29, 1.82) is 0 Å². The van der Waals surface area contributed by atoms with Gasteiger partial charge in [-0.3, -0.25) is 0 Å². The van der Waals surface area contributed by atoms with Gasteiger partial charge in [-0.1, -0.05) is 6.42 Å². The molecule has 4 atom stereocenters. The normalized spacial score (nSPS) is 45.6. The van der Waals surface area contributed by atoms with Crippen molar-refractivity contribution in [3.63, 3.8) is 0 Å². The highest BCUT2D eigenvalue weighted by molar-refractivity contribution is 4.91. The second kappa shape index (κ2) is 4.66. The summed E-state index contributed by atoms with van der Waals surface area (Å²) < 4.78 is 0. The van der Waals surface area contributed by atoms with Crippen molar-refractivity contribution >= 4 is 0 Å². The van der Waals surface area contributed by atoms with Crippen molar-refractivity contribution in [2.24, 2.45) is 11.8 Å². The highest BCUT2D eigenvalue weighted by Crippen LogP contribution is 2.39. The Morgan fingerprint density at radius 2 is 1.62 bits per heavy atom. The van der Waals surface area contributed by atoms with Crippen LogP contribution in [0.2, 0.25) is 0 Å². The zero-order valence-electron chi connectivity index (χ0n) is 10.3. The number of rotatable bonds is 1. The minimum absolute atomic E-state index is 0.0435. The first kappa shape index (κ1) is 11.0. The molecule has 2 saturated carbocycles. The van der Waals surface area contributed by atoms with E-state index in [9.17, 15) is 5.11 Å². The van der Waals surface area contributed by atoms with Gasteiger partial charge in [-0.25, -0.2) is 0 Å². The lowest BCUT2D eigenvalue weighted by atomic mass is 9.67. The first-order chi connectivity index (χ1) is 7.86. The molecule has 2 bridgehead atoms. The molecule has 1 heterocycles. The molecular formula is C14H26NO+. The number of aliphatic hydroxyl groups excluding tert-OH is 1. The summed E-state index contributed by atoms with van der Waals surface area (Å²) in [7, 11) is 0. The predicted octanol–water partition coefficient (Wildman–Crippen LogP) is 0.995. The van der Waals surface area contributed by atoms with Gasteiger partial charge in [0, 0.05) is 12.3 Å². The van der Waals surface area contributed by atoms with Crippen LogP contribution in [0, 0.1) is 11.8 Å². The summed E-state index contributed by atoms with van der Waals surface area (Å²) >= 11 is 0. The molecule has 2 N–H and O–H groups in total. The van der Waals surface area contributed by atoms with E-state index >= 15 is 0 Å². The molecule has 0 aromatic rings. The number of hydrogen-bond donors (Lipinski definition) is 2. The quantitative estimate of drug-likeness (QED) is 0.682. The molecule has 0 amide bonds. The first-order valence-corrected chi connectivity index (χ1v) is 7.39. The molecule has 1 aliphatic heterocycles. The lowest BCUT2D eigenvalue weighted by molar-refractivity contribution is -0.936. The third-order valence-corrected chi connectivity index (χ3v) is 5.42. The van der Waals surface area contributed by atoms with E-state index < -0.39 is 0 Å². The maximum absolute atomic E-state index is 10.4. The van der Waals surface area contributed by atoms with Crippen LogP contribution in [0.1, 0.15) is 51.4 Å². The van der Waals surface area contributed by atoms with Gasteiger partial charge in [0.15, 0.2) is 0 Å². The fourth-order valence-corrected chi connectivity index (χ4v) is 4.55. The van der Waals surface area contributed by atoms with Gasteiger partial charge in [-0.05, 0) is 44.4 Å². The Bertz CT molecular complexity index is 237. The molecule has 2 aliphatic carbocycles. The van der Waals surface area contributed by atoms with Crippen LogP contribution in [-0.4, -0.2) is 30.3 Å². The van der Waals surface area contributed by atoms with E-state index in [2.05, 4.69) is 0 Å². The van der Waals surface area contributed by atoms with E-state index in [0.29, 0.717) is 11.8 Å². The summed E-state index contributed by atoms with van der Waals surface area (Å²) in [4.78, 5) is 1.83. The molecule has 3 aliphatic rings. The van der Waals surface area contributed by atoms with Crippen LogP contribution in [0.25, 0.3) is 0 Å². The second-order valence-corrected chi connectivity index (χ2v) is 6.25. The fourth-order valence-electron chi connectivity index (χ4n) is 4.55. The third kappa shape index (κ3) is 1.91. The van der Waals surface area contributed by atoms with Gasteiger partial charge in [0.1, 0.15) is 0 Å². The molecule has 3 rings (SSSR count). The molecule has 1 saturated heterocycles. The standard InChI is InChI=1S/C14H25NO/c16-14-11-5-4-6-12(14)13(8-7-11)15-9-2-1-3-10-15/h11-14,16H,1-10H2/p+1/t11-,12+,13-,14-/m0/s1. The highest BCUT2D eigenvalue weighted by Gasteiger charge is 2.45. The fraction of sp³-hybridized carbons (Fsp3) is 1.00. The summed E-state index contributed by atoms with van der Waals surface area (Å²) in [5, 5.41) is 10.4. The molecule has 0 aromatic heterocycles. The molecule has 2 heteroatoms. The minimum atomic E-state index is 0.0435. The third-order valence-electron chi connectivity index (χ3n) is 5.42. The highest BCUT2D eigenvalue weighted by atomic mass is 16.3.